The van der Waals surface area contributed by atoms with Crippen molar-refractivity contribution in [2.75, 3.05) is 0 Å². The number of hydrogen-bond donors (Lipinski definition) is 1. The van der Waals surface area contributed by atoms with E-state index in [1.165, 1.54) is 0 Å². The zero-order valence-electron chi connectivity index (χ0n) is 3.26. The topological polar surface area (TPSA) is 20.2 Å². The van der Waals surface area contributed by atoms with Crippen molar-refractivity contribution in [2.24, 2.45) is 0 Å². The van der Waals surface area contributed by atoms with E-state index in [1.54, 1.807) is 13.8 Å². The molecule has 0 saturated heterocycles. The van der Waals surface area contributed by atoms with Gasteiger partial charge in [0.25, 0.3) is 0 Å². The van der Waals surface area contributed by atoms with Gasteiger partial charge in [-0.25, -0.2) is 6.10 Å². The SMILES string of the molecule is C[C-](C)O.[Pt]. The zero-order chi connectivity index (χ0) is 3.58. The normalized spacial score (nSPS) is 7.20. The van der Waals surface area contributed by atoms with Crippen LogP contribution < -0.4 is 0 Å². The second-order valence-corrected chi connectivity index (χ2v) is 0.947. The maximum atomic E-state index is 7.97. The molecule has 0 rings (SSSR count). The molecule has 0 saturated carbocycles. The number of hydrogen-bond acceptors (Lipinski definition) is 1. The monoisotopic (exact) mass is 254 g/mol. The van der Waals surface area contributed by atoms with Gasteiger partial charge >= 0.3 is 0 Å². The summed E-state index contributed by atoms with van der Waals surface area (Å²) >= 11 is 0. The Morgan fingerprint density at radius 3 is 1.40 bits per heavy atom. The minimum Gasteiger partial charge on any atom is -0.563 e. The summed E-state index contributed by atoms with van der Waals surface area (Å²) in [5.41, 5.74) is 0. The second kappa shape index (κ2) is 4.65. The summed E-state index contributed by atoms with van der Waals surface area (Å²) in [4.78, 5) is 0. The van der Waals surface area contributed by atoms with Crippen LogP contribution in [0.3, 0.4) is 0 Å². The molecule has 0 spiro atoms. The number of aliphatic hydroxyl groups is 1. The van der Waals surface area contributed by atoms with Crippen LogP contribution in [0.25, 0.3) is 0 Å². The first-order chi connectivity index (χ1) is 1.73. The van der Waals surface area contributed by atoms with Crippen molar-refractivity contribution in [2.45, 2.75) is 13.8 Å². The average molecular weight is 254 g/mol. The summed E-state index contributed by atoms with van der Waals surface area (Å²) in [6.07, 6.45) is 0.417. The average Bonchev–Trinajstić information content (AvgIpc) is 0.811. The molecule has 0 bridgehead atoms. The Balaban J connectivity index is 0. The van der Waals surface area contributed by atoms with E-state index in [1.807, 2.05) is 0 Å². The molecule has 0 fully saturated rings. The van der Waals surface area contributed by atoms with Crippen LogP contribution in [0.15, 0.2) is 0 Å². The molecule has 0 aromatic rings. The Bertz CT molecular complexity index is 11.6. The van der Waals surface area contributed by atoms with Gasteiger partial charge < -0.3 is 5.11 Å². The standard InChI is InChI=1S/C3H7O.Pt/c1-3(2)4;/h4H,1-2H3;/q-1;. The fourth-order valence-corrected chi connectivity index (χ4v) is 0. The van der Waals surface area contributed by atoms with Crippen LogP contribution >= 0.6 is 0 Å². The molecule has 0 aromatic heterocycles. The predicted molar refractivity (Wildman–Crippen MR) is 16.5 cm³/mol. The van der Waals surface area contributed by atoms with Gasteiger partial charge in [0, 0.05) is 21.1 Å². The molecule has 36 valence electrons. The maximum Gasteiger partial charge on any atom is 0 e. The molecule has 2 heteroatoms. The first kappa shape index (κ1) is 9.17. The summed E-state index contributed by atoms with van der Waals surface area (Å²) in [5, 5.41) is 7.97. The molecular weight excluding hydrogens is 247 g/mol. The van der Waals surface area contributed by atoms with E-state index in [0.29, 0.717) is 6.10 Å². The third kappa shape index (κ3) is 77.6. The van der Waals surface area contributed by atoms with Crippen molar-refractivity contribution in [1.82, 2.24) is 0 Å². The Hall–Kier alpha value is 0.648. The van der Waals surface area contributed by atoms with E-state index in [-0.39, 0.29) is 21.1 Å². The van der Waals surface area contributed by atoms with Gasteiger partial charge in [0.15, 0.2) is 0 Å². The van der Waals surface area contributed by atoms with Crippen molar-refractivity contribution in [1.29, 1.82) is 0 Å². The molecule has 0 aliphatic rings. The van der Waals surface area contributed by atoms with Crippen molar-refractivity contribution in [3.8, 4) is 0 Å². The molecule has 1 nitrogen and oxygen atoms in total. The van der Waals surface area contributed by atoms with Gasteiger partial charge in [0.05, 0.1) is 0 Å². The molecule has 5 heavy (non-hydrogen) atoms. The molecule has 1 N–H and O–H groups in total. The van der Waals surface area contributed by atoms with E-state index in [0.717, 1.165) is 0 Å². The summed E-state index contributed by atoms with van der Waals surface area (Å²) in [6.45, 7) is 3.28. The molecule has 0 aliphatic heterocycles. The fourth-order valence-electron chi connectivity index (χ4n) is 0. The molecule has 0 radical (unpaired) electrons. The van der Waals surface area contributed by atoms with Gasteiger partial charge in [0.2, 0.25) is 0 Å². The molecule has 0 aromatic carbocycles. The molecule has 0 heterocycles. The Labute approximate surface area is 46.7 Å². The fraction of sp³-hybridized carbons (Fsp3) is 0.667. The molecule has 0 amide bonds. The van der Waals surface area contributed by atoms with Crippen LogP contribution in [0.1, 0.15) is 13.8 Å². The third-order valence-corrected chi connectivity index (χ3v) is 0. The van der Waals surface area contributed by atoms with E-state index in [4.69, 9.17) is 5.11 Å². The second-order valence-electron chi connectivity index (χ2n) is 0.947. The van der Waals surface area contributed by atoms with E-state index in [2.05, 4.69) is 0 Å². The summed E-state index contributed by atoms with van der Waals surface area (Å²) in [6, 6.07) is 0. The largest absolute Gasteiger partial charge is 0.563 e. The van der Waals surface area contributed by atoms with Gasteiger partial charge in [-0.3, -0.25) is 0 Å². The Morgan fingerprint density at radius 2 is 1.40 bits per heavy atom. The first-order valence-corrected chi connectivity index (χ1v) is 1.22. The smallest absolute Gasteiger partial charge is 0 e. The molecule has 0 atom stereocenters. The van der Waals surface area contributed by atoms with E-state index in [9.17, 15) is 0 Å². The maximum absolute atomic E-state index is 7.97. The van der Waals surface area contributed by atoms with Crippen LogP contribution in [-0.4, -0.2) is 5.11 Å². The van der Waals surface area contributed by atoms with Crippen molar-refractivity contribution < 1.29 is 26.2 Å². The zero-order valence-corrected chi connectivity index (χ0v) is 5.54. The van der Waals surface area contributed by atoms with Crippen LogP contribution in [0.2, 0.25) is 0 Å². The van der Waals surface area contributed by atoms with Crippen molar-refractivity contribution >= 4 is 0 Å². The Morgan fingerprint density at radius 1 is 1.40 bits per heavy atom. The number of rotatable bonds is 0. The van der Waals surface area contributed by atoms with Gasteiger partial charge in [-0.1, -0.05) is 0 Å². The van der Waals surface area contributed by atoms with Crippen LogP contribution in [0, 0.1) is 6.10 Å². The third-order valence-electron chi connectivity index (χ3n) is 0. The van der Waals surface area contributed by atoms with Gasteiger partial charge in [-0.15, -0.1) is 0 Å². The van der Waals surface area contributed by atoms with Gasteiger partial charge in [-0.2, -0.15) is 13.8 Å². The summed E-state index contributed by atoms with van der Waals surface area (Å²) < 4.78 is 0. The van der Waals surface area contributed by atoms with Crippen molar-refractivity contribution in [3.63, 3.8) is 0 Å². The minimum atomic E-state index is 0. The van der Waals surface area contributed by atoms with Gasteiger partial charge in [-0.05, 0) is 0 Å². The minimum absolute atomic E-state index is 0. The van der Waals surface area contributed by atoms with Crippen LogP contribution in [0.4, 0.5) is 0 Å². The Kier molecular flexibility index (Phi) is 8.52. The quantitative estimate of drug-likeness (QED) is 0.637. The number of aliphatic hydroxyl groups excluding tert-OH is 1. The van der Waals surface area contributed by atoms with Crippen LogP contribution in [0.5, 0.6) is 0 Å². The first-order valence-electron chi connectivity index (χ1n) is 1.22. The molecule has 0 aliphatic carbocycles. The molecule has 0 unspecified atom stereocenters. The van der Waals surface area contributed by atoms with Crippen LogP contribution in [-0.2, 0) is 21.1 Å². The summed E-state index contributed by atoms with van der Waals surface area (Å²) in [7, 11) is 0. The molecular formula is C3H7OPt-. The van der Waals surface area contributed by atoms with Crippen molar-refractivity contribution in [3.05, 3.63) is 6.10 Å². The summed E-state index contributed by atoms with van der Waals surface area (Å²) in [5.74, 6) is 0. The predicted octanol–water partition coefficient (Wildman–Crippen LogP) is 0.928. The van der Waals surface area contributed by atoms with E-state index < -0.39 is 0 Å². The van der Waals surface area contributed by atoms with E-state index >= 15 is 0 Å². The van der Waals surface area contributed by atoms with Gasteiger partial charge in [0.1, 0.15) is 0 Å².